The van der Waals surface area contributed by atoms with Gasteiger partial charge in [0.05, 0.1) is 11.9 Å². The highest BCUT2D eigenvalue weighted by molar-refractivity contribution is 5.89. The highest BCUT2D eigenvalue weighted by atomic mass is 15.0. The number of nitrogens with zero attached hydrogens (tertiary/aromatic N) is 2. The molecule has 0 spiro atoms. The highest BCUT2D eigenvalue weighted by Gasteiger charge is 2.07. The van der Waals surface area contributed by atoms with Gasteiger partial charge in [-0.15, -0.1) is 0 Å². The monoisotopic (exact) mass is 175 g/mol. The third-order valence-corrected chi connectivity index (χ3v) is 2.14. The van der Waals surface area contributed by atoms with Gasteiger partial charge in [-0.05, 0) is 12.0 Å². The summed E-state index contributed by atoms with van der Waals surface area (Å²) in [5.74, 6) is 0.473. The van der Waals surface area contributed by atoms with Gasteiger partial charge in [-0.2, -0.15) is 0 Å². The van der Waals surface area contributed by atoms with Gasteiger partial charge in [0.2, 0.25) is 0 Å². The summed E-state index contributed by atoms with van der Waals surface area (Å²) in [6.07, 6.45) is 3.79. The molecule has 0 aromatic carbocycles. The quantitative estimate of drug-likeness (QED) is 0.708. The van der Waals surface area contributed by atoms with Crippen molar-refractivity contribution in [2.45, 2.75) is 19.8 Å². The van der Waals surface area contributed by atoms with Gasteiger partial charge < -0.3 is 5.32 Å². The molecule has 3 nitrogen and oxygen atoms in total. The minimum atomic E-state index is 0.473. The van der Waals surface area contributed by atoms with Crippen LogP contribution in [-0.4, -0.2) is 17.9 Å². The molecule has 0 bridgehead atoms. The highest BCUT2D eigenvalue weighted by Crippen LogP contribution is 2.19. The Labute approximate surface area is 77.9 Å². The molecule has 3 heteroatoms. The Morgan fingerprint density at radius 1 is 1.46 bits per heavy atom. The van der Waals surface area contributed by atoms with Crippen molar-refractivity contribution in [3.8, 4) is 0 Å². The third kappa shape index (κ3) is 1.54. The fourth-order valence-corrected chi connectivity index (χ4v) is 1.33. The van der Waals surface area contributed by atoms with E-state index in [9.17, 15) is 0 Å². The van der Waals surface area contributed by atoms with E-state index in [1.54, 1.807) is 0 Å². The molecule has 0 unspecified atom stereocenters. The first kappa shape index (κ1) is 8.23. The summed E-state index contributed by atoms with van der Waals surface area (Å²) in [4.78, 5) is 8.52. The van der Waals surface area contributed by atoms with Crippen molar-refractivity contribution in [2.24, 2.45) is 4.99 Å². The number of aromatic nitrogens is 1. The van der Waals surface area contributed by atoms with Crippen LogP contribution >= 0.6 is 0 Å². The molecule has 0 aliphatic carbocycles. The predicted octanol–water partition coefficient (Wildman–Crippen LogP) is 2.01. The van der Waals surface area contributed by atoms with Crippen LogP contribution in [0.4, 0.5) is 5.69 Å². The summed E-state index contributed by atoms with van der Waals surface area (Å²) in [5.41, 5.74) is 3.35. The largest absolute Gasteiger partial charge is 0.364 e. The van der Waals surface area contributed by atoms with Gasteiger partial charge in [0.15, 0.2) is 0 Å². The van der Waals surface area contributed by atoms with Gasteiger partial charge in [0.25, 0.3) is 0 Å². The van der Waals surface area contributed by atoms with Crippen LogP contribution in [0, 0.1) is 0 Å². The summed E-state index contributed by atoms with van der Waals surface area (Å²) in [5, 5.41) is 3.17. The third-order valence-electron chi connectivity index (χ3n) is 2.14. The average molecular weight is 175 g/mol. The summed E-state index contributed by atoms with van der Waals surface area (Å²) >= 11 is 0. The van der Waals surface area contributed by atoms with Crippen molar-refractivity contribution in [2.75, 3.05) is 12.0 Å². The molecule has 1 aromatic rings. The van der Waals surface area contributed by atoms with Gasteiger partial charge in [0, 0.05) is 17.5 Å². The van der Waals surface area contributed by atoms with Crippen LogP contribution in [0.3, 0.4) is 0 Å². The maximum atomic E-state index is 4.37. The van der Waals surface area contributed by atoms with E-state index in [0.29, 0.717) is 12.6 Å². The number of aliphatic imine (C=N–C) groups is 1. The van der Waals surface area contributed by atoms with E-state index in [2.05, 4.69) is 35.2 Å². The number of nitrogens with one attached hydrogen (secondary N) is 1. The van der Waals surface area contributed by atoms with Crippen molar-refractivity contribution >= 4 is 11.9 Å². The van der Waals surface area contributed by atoms with E-state index < -0.39 is 0 Å². The Balaban J connectivity index is 2.43. The van der Waals surface area contributed by atoms with Crippen LogP contribution in [0.5, 0.6) is 0 Å². The molecule has 68 valence electrons. The summed E-state index contributed by atoms with van der Waals surface area (Å²) < 4.78 is 0. The van der Waals surface area contributed by atoms with Crippen molar-refractivity contribution in [3.63, 3.8) is 0 Å². The molecule has 0 atom stereocenters. The predicted molar refractivity (Wildman–Crippen MR) is 54.4 cm³/mol. The molecule has 1 aliphatic rings. The number of anilines is 1. The van der Waals surface area contributed by atoms with Crippen molar-refractivity contribution < 1.29 is 0 Å². The maximum Gasteiger partial charge on any atom is 0.107 e. The second-order valence-corrected chi connectivity index (χ2v) is 3.50. The first-order valence-corrected chi connectivity index (χ1v) is 4.51. The minimum absolute atomic E-state index is 0.473. The lowest BCUT2D eigenvalue weighted by atomic mass is 10.1. The van der Waals surface area contributed by atoms with Crippen molar-refractivity contribution in [1.82, 2.24) is 4.98 Å². The second-order valence-electron chi connectivity index (χ2n) is 3.50. The SMILES string of the molecule is CC(C)c1cc2c(cn1)NCN=C2. The number of hydrogen-bond donors (Lipinski definition) is 1. The molecule has 1 aliphatic heterocycles. The number of pyridine rings is 1. The van der Waals surface area contributed by atoms with Crippen LogP contribution in [0.25, 0.3) is 0 Å². The Morgan fingerprint density at radius 2 is 2.31 bits per heavy atom. The molecule has 0 saturated carbocycles. The molecule has 0 fully saturated rings. The normalized spacial score (nSPS) is 14.1. The van der Waals surface area contributed by atoms with Crippen LogP contribution in [0.15, 0.2) is 17.3 Å². The second kappa shape index (κ2) is 3.17. The maximum absolute atomic E-state index is 4.37. The fraction of sp³-hybridized carbons (Fsp3) is 0.400. The van der Waals surface area contributed by atoms with Crippen LogP contribution in [0.2, 0.25) is 0 Å². The zero-order valence-electron chi connectivity index (χ0n) is 7.91. The van der Waals surface area contributed by atoms with Crippen molar-refractivity contribution in [1.29, 1.82) is 0 Å². The molecular weight excluding hydrogens is 162 g/mol. The van der Waals surface area contributed by atoms with E-state index >= 15 is 0 Å². The molecule has 1 N–H and O–H groups in total. The van der Waals surface area contributed by atoms with Gasteiger partial charge in [-0.1, -0.05) is 13.8 Å². The zero-order valence-corrected chi connectivity index (χ0v) is 7.91. The van der Waals surface area contributed by atoms with E-state index in [-0.39, 0.29) is 0 Å². The molecule has 2 rings (SSSR count). The van der Waals surface area contributed by atoms with Crippen LogP contribution in [0.1, 0.15) is 31.0 Å². The lowest BCUT2D eigenvalue weighted by Crippen LogP contribution is -2.09. The Bertz CT molecular complexity index is 342. The van der Waals surface area contributed by atoms with Crippen LogP contribution in [-0.2, 0) is 0 Å². The summed E-state index contributed by atoms with van der Waals surface area (Å²) in [6.45, 7) is 4.94. The molecule has 0 amide bonds. The molecule has 2 heterocycles. The standard InChI is InChI=1S/C10H13N3/c1-7(2)9-3-8-4-11-6-13-10(8)5-12-9/h3-5,7,13H,6H2,1-2H3. The minimum Gasteiger partial charge on any atom is -0.364 e. The average Bonchev–Trinajstić information content (AvgIpc) is 2.17. The Kier molecular flexibility index (Phi) is 2.00. The van der Waals surface area contributed by atoms with E-state index in [4.69, 9.17) is 0 Å². The fourth-order valence-electron chi connectivity index (χ4n) is 1.33. The first-order chi connectivity index (χ1) is 6.27. The van der Waals surface area contributed by atoms with E-state index in [0.717, 1.165) is 16.9 Å². The lowest BCUT2D eigenvalue weighted by Gasteiger charge is -2.13. The molecule has 13 heavy (non-hydrogen) atoms. The van der Waals surface area contributed by atoms with Crippen LogP contribution < -0.4 is 5.32 Å². The van der Waals surface area contributed by atoms with E-state index in [1.807, 2.05) is 12.4 Å². The Hall–Kier alpha value is -1.38. The first-order valence-electron chi connectivity index (χ1n) is 4.51. The van der Waals surface area contributed by atoms with Gasteiger partial charge in [-0.3, -0.25) is 9.98 Å². The zero-order chi connectivity index (χ0) is 9.26. The molecular formula is C10H13N3. The number of rotatable bonds is 1. The smallest absolute Gasteiger partial charge is 0.107 e. The van der Waals surface area contributed by atoms with E-state index in [1.165, 1.54) is 0 Å². The molecule has 0 saturated heterocycles. The molecule has 0 radical (unpaired) electrons. The van der Waals surface area contributed by atoms with Crippen molar-refractivity contribution in [3.05, 3.63) is 23.5 Å². The van der Waals surface area contributed by atoms with Gasteiger partial charge >= 0.3 is 0 Å². The molecule has 1 aromatic heterocycles. The number of fused-ring (bicyclic) bond motifs is 1. The lowest BCUT2D eigenvalue weighted by molar-refractivity contribution is 0.822. The number of hydrogen-bond acceptors (Lipinski definition) is 3. The topological polar surface area (TPSA) is 37.3 Å². The summed E-state index contributed by atoms with van der Waals surface area (Å²) in [6, 6.07) is 2.09. The summed E-state index contributed by atoms with van der Waals surface area (Å²) in [7, 11) is 0. The van der Waals surface area contributed by atoms with Gasteiger partial charge in [-0.25, -0.2) is 0 Å². The van der Waals surface area contributed by atoms with Gasteiger partial charge in [0.1, 0.15) is 6.67 Å². The Morgan fingerprint density at radius 3 is 3.08 bits per heavy atom.